The largest absolute Gasteiger partial charge is 2.00 e. The van der Waals surface area contributed by atoms with Crippen LogP contribution in [0.4, 0.5) is 0 Å². The van der Waals surface area contributed by atoms with Crippen LogP contribution in [0.3, 0.4) is 0 Å². The standard InChI is InChI=1S/2C2H7ClO7P2.3Mg/c2*3-1-2-9-12(7,8)10-11(4,5)6;;;/h2*1-2H2,(H,7,8)(H2,4,5,6);;;/q;;3*+2/p-6. The van der Waals surface area contributed by atoms with Crippen LogP contribution in [-0.2, 0) is 35.9 Å². The van der Waals surface area contributed by atoms with E-state index in [0.717, 1.165) is 0 Å². The second kappa shape index (κ2) is 18.9. The zero-order valence-electron chi connectivity index (χ0n) is 13.2. The molecule has 0 aromatic carbocycles. The fourth-order valence-corrected chi connectivity index (χ4v) is 3.92. The van der Waals surface area contributed by atoms with Gasteiger partial charge in [-0.25, -0.2) is 0 Å². The number of rotatable bonds is 10. The fraction of sp³-hybridized carbons (Fsp3) is 1.00. The van der Waals surface area contributed by atoms with E-state index >= 15 is 0 Å². The quantitative estimate of drug-likeness (QED) is 0.143. The molecule has 0 aromatic rings. The Bertz CT molecular complexity index is 504. The molecule has 2 unspecified atom stereocenters. The van der Waals surface area contributed by atoms with Crippen LogP contribution >= 0.6 is 54.5 Å². The molecule has 0 aliphatic rings. The van der Waals surface area contributed by atoms with Crippen molar-refractivity contribution < 1.29 is 65.3 Å². The van der Waals surface area contributed by atoms with Crippen molar-refractivity contribution in [3.05, 3.63) is 0 Å². The molecule has 0 saturated carbocycles. The third-order valence-electron chi connectivity index (χ3n) is 1.05. The van der Waals surface area contributed by atoms with Crippen LogP contribution in [-0.4, -0.2) is 94.1 Å². The van der Waals surface area contributed by atoms with E-state index < -0.39 is 44.5 Å². The molecular formula is C4H8Cl2Mg3O14P4. The zero-order valence-corrected chi connectivity index (χ0v) is 22.5. The molecule has 0 fully saturated rings. The van der Waals surface area contributed by atoms with Crippen molar-refractivity contribution >= 4 is 124 Å². The first-order valence-electron chi connectivity index (χ1n) is 5.03. The third kappa shape index (κ3) is 34.2. The SMILES string of the molecule is O=P([O-])([O-])OP(=O)([O-])OCCCl.O=P([O-])([O-])OP(=O)([O-])OCCCl.[Mg+2].[Mg+2].[Mg+2]. The van der Waals surface area contributed by atoms with Crippen molar-refractivity contribution in [2.45, 2.75) is 0 Å². The van der Waals surface area contributed by atoms with Crippen LogP contribution in [0.25, 0.3) is 0 Å². The minimum Gasteiger partial charge on any atom is -0.790 e. The van der Waals surface area contributed by atoms with Crippen LogP contribution in [0.15, 0.2) is 0 Å². The summed E-state index contributed by atoms with van der Waals surface area (Å²) in [6.45, 7) is -0.912. The topological polar surface area (TPSA) is 244 Å². The summed E-state index contributed by atoms with van der Waals surface area (Å²) in [6, 6.07) is 0. The van der Waals surface area contributed by atoms with Gasteiger partial charge in [-0.3, -0.25) is 17.8 Å². The molecule has 14 nitrogen and oxygen atoms in total. The number of halogens is 2. The predicted octanol–water partition coefficient (Wildman–Crippen LogP) is -4.03. The minimum atomic E-state index is -5.57. The molecule has 0 bridgehead atoms. The Kier molecular flexibility index (Phi) is 28.5. The average molecular weight is 548 g/mol. The van der Waals surface area contributed by atoms with Gasteiger partial charge in [0.05, 0.1) is 28.9 Å². The molecule has 27 heavy (non-hydrogen) atoms. The van der Waals surface area contributed by atoms with E-state index in [-0.39, 0.29) is 80.9 Å². The van der Waals surface area contributed by atoms with Gasteiger partial charge in [-0.15, -0.1) is 23.2 Å². The molecule has 23 heteroatoms. The summed E-state index contributed by atoms with van der Waals surface area (Å²) in [5.41, 5.74) is 0. The molecular weight excluding hydrogens is 540 g/mol. The van der Waals surface area contributed by atoms with E-state index in [0.29, 0.717) is 0 Å². The number of phosphoric ester groups is 2. The zero-order chi connectivity index (χ0) is 19.7. The van der Waals surface area contributed by atoms with Crippen LogP contribution < -0.4 is 29.4 Å². The van der Waals surface area contributed by atoms with Crippen LogP contribution in [0, 0.1) is 0 Å². The van der Waals surface area contributed by atoms with E-state index in [1.807, 2.05) is 0 Å². The molecule has 0 aliphatic heterocycles. The first kappa shape index (κ1) is 40.7. The Morgan fingerprint density at radius 3 is 0.963 bits per heavy atom. The number of phosphoric acid groups is 4. The molecule has 148 valence electrons. The molecule has 0 aromatic heterocycles. The molecule has 0 rings (SSSR count). The van der Waals surface area contributed by atoms with E-state index in [9.17, 15) is 47.6 Å². The van der Waals surface area contributed by atoms with E-state index in [4.69, 9.17) is 23.2 Å². The van der Waals surface area contributed by atoms with Gasteiger partial charge in [0, 0.05) is 11.8 Å². The summed E-state index contributed by atoms with van der Waals surface area (Å²) < 4.78 is 54.1. The maximum atomic E-state index is 10.4. The van der Waals surface area contributed by atoms with E-state index in [1.165, 1.54) is 0 Å². The van der Waals surface area contributed by atoms with Crippen LogP contribution in [0.2, 0.25) is 0 Å². The van der Waals surface area contributed by atoms with Gasteiger partial charge in [-0.2, -0.15) is 0 Å². The Morgan fingerprint density at radius 2 is 0.815 bits per heavy atom. The molecule has 0 spiro atoms. The Labute approximate surface area is 212 Å². The summed E-state index contributed by atoms with van der Waals surface area (Å²) in [7, 11) is -21.2. The average Bonchev–Trinajstić information content (AvgIpc) is 2.29. The fourth-order valence-electron chi connectivity index (χ4n) is 0.585. The van der Waals surface area contributed by atoms with Gasteiger partial charge in [0.25, 0.3) is 15.6 Å². The number of hydrogen-bond donors (Lipinski definition) is 0. The first-order chi connectivity index (χ1) is 10.5. The Hall–Kier alpha value is 3.40. The second-order valence-corrected chi connectivity index (χ2v) is 9.15. The van der Waals surface area contributed by atoms with Gasteiger partial charge in [0.15, 0.2) is 0 Å². The van der Waals surface area contributed by atoms with Crippen molar-refractivity contribution in [2.24, 2.45) is 0 Å². The normalized spacial score (nSPS) is 15.4. The van der Waals surface area contributed by atoms with Gasteiger partial charge in [-0.1, -0.05) is 0 Å². The maximum absolute atomic E-state index is 10.4. The second-order valence-electron chi connectivity index (χ2n) is 3.00. The van der Waals surface area contributed by atoms with Crippen LogP contribution in [0.1, 0.15) is 0 Å². The summed E-state index contributed by atoms with van der Waals surface area (Å²) in [4.78, 5) is 59.8. The molecule has 2 atom stereocenters. The van der Waals surface area contributed by atoms with Crippen LogP contribution in [0.5, 0.6) is 0 Å². The van der Waals surface area contributed by atoms with Gasteiger partial charge in [0.2, 0.25) is 0 Å². The molecule has 0 aliphatic carbocycles. The molecule has 0 radical (unpaired) electrons. The van der Waals surface area contributed by atoms with E-state index in [1.54, 1.807) is 0 Å². The Balaban J connectivity index is -0.000000108. The molecule has 0 N–H and O–H groups in total. The van der Waals surface area contributed by atoms with Gasteiger partial charge < -0.3 is 47.5 Å². The summed E-state index contributed by atoms with van der Waals surface area (Å²) in [5.74, 6) is -0.338. The van der Waals surface area contributed by atoms with Crippen molar-refractivity contribution in [2.75, 3.05) is 25.0 Å². The van der Waals surface area contributed by atoms with Gasteiger partial charge in [-0.05, 0) is 0 Å². The molecule has 0 saturated heterocycles. The van der Waals surface area contributed by atoms with E-state index in [2.05, 4.69) is 17.7 Å². The summed E-state index contributed by atoms with van der Waals surface area (Å²) in [6.07, 6.45) is 0. The minimum absolute atomic E-state index is 0. The molecule has 0 heterocycles. The summed E-state index contributed by atoms with van der Waals surface area (Å²) >= 11 is 10.0. The van der Waals surface area contributed by atoms with Crippen molar-refractivity contribution in [3.8, 4) is 0 Å². The Morgan fingerprint density at radius 1 is 0.593 bits per heavy atom. The van der Waals surface area contributed by atoms with Gasteiger partial charge in [0.1, 0.15) is 0 Å². The maximum Gasteiger partial charge on any atom is 2.00 e. The van der Waals surface area contributed by atoms with Crippen molar-refractivity contribution in [3.63, 3.8) is 0 Å². The summed E-state index contributed by atoms with van der Waals surface area (Å²) in [5, 5.41) is 0. The van der Waals surface area contributed by atoms with Gasteiger partial charge >= 0.3 is 69.2 Å². The predicted molar refractivity (Wildman–Crippen MR) is 83.2 cm³/mol. The molecule has 0 amide bonds. The van der Waals surface area contributed by atoms with Crippen molar-refractivity contribution in [1.82, 2.24) is 0 Å². The van der Waals surface area contributed by atoms with Crippen molar-refractivity contribution in [1.29, 1.82) is 0 Å². The first-order valence-corrected chi connectivity index (χ1v) is 11.9. The number of hydrogen-bond acceptors (Lipinski definition) is 14. The third-order valence-corrected chi connectivity index (χ3v) is 5.56. The monoisotopic (exact) mass is 546 g/mol. The number of alkyl halides is 2. The smallest absolute Gasteiger partial charge is 0.790 e.